The third-order valence-electron chi connectivity index (χ3n) is 5.89. The highest BCUT2D eigenvalue weighted by Crippen LogP contribution is 2.40. The molecule has 1 N–H and O–H groups in total. The predicted octanol–water partition coefficient (Wildman–Crippen LogP) is 5.84. The van der Waals surface area contributed by atoms with Crippen LogP contribution in [0.25, 0.3) is 21.8 Å². The van der Waals surface area contributed by atoms with Gasteiger partial charge in [0, 0.05) is 34.6 Å². The average molecular weight is 383 g/mol. The van der Waals surface area contributed by atoms with Crippen LogP contribution in [0.1, 0.15) is 37.2 Å². The number of benzene rings is 2. The van der Waals surface area contributed by atoms with Crippen molar-refractivity contribution >= 4 is 33.2 Å². The monoisotopic (exact) mass is 382 g/mol. The molecule has 0 unspecified atom stereocenters. The summed E-state index contributed by atoms with van der Waals surface area (Å²) in [7, 11) is 2.02. The molecule has 0 atom stereocenters. The van der Waals surface area contributed by atoms with Gasteiger partial charge in [0.2, 0.25) is 0 Å². The van der Waals surface area contributed by atoms with Crippen molar-refractivity contribution in [1.29, 1.82) is 0 Å². The molecule has 29 heavy (non-hydrogen) atoms. The molecule has 0 aliphatic heterocycles. The van der Waals surface area contributed by atoms with E-state index in [1.807, 2.05) is 30.3 Å². The summed E-state index contributed by atoms with van der Waals surface area (Å²) < 4.78 is 0. The topological polar surface area (TPSA) is 44.3 Å². The third kappa shape index (κ3) is 3.00. The molecule has 0 spiro atoms. The second-order valence-electron chi connectivity index (χ2n) is 8.86. The molecular formula is C25H26N4. The number of aromatic nitrogens is 2. The maximum absolute atomic E-state index is 5.08. The maximum Gasteiger partial charge on any atom is 0.0726 e. The molecule has 4 aromatic rings. The Hall–Kier alpha value is -3.14. The van der Waals surface area contributed by atoms with E-state index in [2.05, 4.69) is 62.2 Å². The lowest BCUT2D eigenvalue weighted by Gasteiger charge is -2.33. The lowest BCUT2D eigenvalue weighted by molar-refractivity contribution is 0.367. The van der Waals surface area contributed by atoms with Gasteiger partial charge in [-0.1, -0.05) is 50.2 Å². The van der Waals surface area contributed by atoms with Gasteiger partial charge in [-0.25, -0.2) is 0 Å². The number of nitrogens with zero attached hydrogens (tertiary/aromatic N) is 3. The largest absolute Gasteiger partial charge is 0.354 e. The van der Waals surface area contributed by atoms with Gasteiger partial charge in [0.25, 0.3) is 0 Å². The molecule has 2 aromatic carbocycles. The number of anilines is 1. The second-order valence-corrected chi connectivity index (χ2v) is 8.86. The van der Waals surface area contributed by atoms with Gasteiger partial charge in [0.05, 0.1) is 22.6 Å². The van der Waals surface area contributed by atoms with Crippen LogP contribution in [-0.4, -0.2) is 22.7 Å². The van der Waals surface area contributed by atoms with Gasteiger partial charge in [0.1, 0.15) is 0 Å². The van der Waals surface area contributed by atoms with Gasteiger partial charge < -0.3 is 4.98 Å². The zero-order chi connectivity index (χ0) is 20.2. The Kier molecular flexibility index (Phi) is 3.98. The highest BCUT2D eigenvalue weighted by Gasteiger charge is 2.33. The quantitative estimate of drug-likeness (QED) is 0.443. The Labute approximate surface area is 171 Å². The van der Waals surface area contributed by atoms with E-state index in [-0.39, 0.29) is 5.41 Å². The number of nitrogens with one attached hydrogen (secondary N) is 1. The summed E-state index contributed by atoms with van der Waals surface area (Å²) in [6, 6.07) is 18.8. The fourth-order valence-corrected chi connectivity index (χ4v) is 4.63. The van der Waals surface area contributed by atoms with Gasteiger partial charge in [0.15, 0.2) is 0 Å². The summed E-state index contributed by atoms with van der Waals surface area (Å²) in [5.74, 6) is 0. The van der Waals surface area contributed by atoms with Crippen LogP contribution >= 0.6 is 0 Å². The van der Waals surface area contributed by atoms with Gasteiger partial charge in [-0.15, -0.1) is 0 Å². The van der Waals surface area contributed by atoms with Gasteiger partial charge in [-0.3, -0.25) is 9.99 Å². The SMILES string of the molecule is Cc1nc2c(c3[nH]c4ccccc4c13)/C(=N\N(C)c1ccccc1)CC(C)(C)C2. The molecule has 0 saturated heterocycles. The first kappa shape index (κ1) is 17.9. The molecule has 0 saturated carbocycles. The summed E-state index contributed by atoms with van der Waals surface area (Å²) in [6.07, 6.45) is 1.88. The summed E-state index contributed by atoms with van der Waals surface area (Å²) in [5, 5.41) is 9.51. The fourth-order valence-electron chi connectivity index (χ4n) is 4.63. The molecule has 4 nitrogen and oxygen atoms in total. The van der Waals surface area contributed by atoms with Crippen LogP contribution < -0.4 is 5.01 Å². The normalized spacial score (nSPS) is 17.0. The van der Waals surface area contributed by atoms with Crippen LogP contribution in [0.5, 0.6) is 0 Å². The summed E-state index contributed by atoms with van der Waals surface area (Å²) >= 11 is 0. The lowest BCUT2D eigenvalue weighted by atomic mass is 9.74. The van der Waals surface area contributed by atoms with Gasteiger partial charge >= 0.3 is 0 Å². The molecular weight excluding hydrogens is 356 g/mol. The summed E-state index contributed by atoms with van der Waals surface area (Å²) in [4.78, 5) is 8.75. The molecule has 0 fully saturated rings. The minimum absolute atomic E-state index is 0.127. The van der Waals surface area contributed by atoms with Crippen molar-refractivity contribution in [1.82, 2.24) is 9.97 Å². The van der Waals surface area contributed by atoms with E-state index in [9.17, 15) is 0 Å². The number of fused-ring (bicyclic) bond motifs is 5. The van der Waals surface area contributed by atoms with E-state index in [0.29, 0.717) is 0 Å². The smallest absolute Gasteiger partial charge is 0.0726 e. The van der Waals surface area contributed by atoms with Gasteiger partial charge in [-0.2, -0.15) is 5.10 Å². The molecule has 1 aliphatic rings. The average Bonchev–Trinajstić information content (AvgIpc) is 3.07. The fraction of sp³-hybridized carbons (Fsp3) is 0.280. The highest BCUT2D eigenvalue weighted by molar-refractivity contribution is 6.18. The standard InChI is InChI=1S/C25H26N4/c1-16-22-18-12-8-9-13-19(18)27-24(22)23-20(26-16)14-25(2,3)15-21(23)28-29(4)17-10-6-5-7-11-17/h5-13,27H,14-15H2,1-4H3/b28-21-. The van der Waals surface area contributed by atoms with E-state index >= 15 is 0 Å². The van der Waals surface area contributed by atoms with Crippen molar-refractivity contribution < 1.29 is 0 Å². The Morgan fingerprint density at radius 1 is 1.00 bits per heavy atom. The summed E-state index contributed by atoms with van der Waals surface area (Å²) in [6.45, 7) is 6.73. The summed E-state index contributed by atoms with van der Waals surface area (Å²) in [5.41, 5.74) is 8.06. The lowest BCUT2D eigenvalue weighted by Crippen LogP contribution is -2.30. The Morgan fingerprint density at radius 3 is 2.52 bits per heavy atom. The number of rotatable bonds is 2. The first-order valence-electron chi connectivity index (χ1n) is 10.2. The Bertz CT molecular complexity index is 1250. The Balaban J connectivity index is 1.78. The second kappa shape index (κ2) is 6.45. The number of aryl methyl sites for hydroxylation is 1. The van der Waals surface area contributed by atoms with Crippen LogP contribution in [0.15, 0.2) is 59.7 Å². The maximum atomic E-state index is 5.08. The number of aromatic amines is 1. The number of pyridine rings is 1. The van der Waals surface area contributed by atoms with Crippen molar-refractivity contribution in [2.45, 2.75) is 33.6 Å². The van der Waals surface area contributed by atoms with E-state index in [0.717, 1.165) is 41.1 Å². The molecule has 2 aromatic heterocycles. The molecule has 2 heterocycles. The van der Waals surface area contributed by atoms with Crippen LogP contribution in [0.4, 0.5) is 5.69 Å². The molecule has 0 bridgehead atoms. The molecule has 1 aliphatic carbocycles. The number of hydrogen-bond acceptors (Lipinski definition) is 3. The van der Waals surface area contributed by atoms with Crippen LogP contribution in [0.2, 0.25) is 0 Å². The van der Waals surface area contributed by atoms with E-state index < -0.39 is 0 Å². The molecule has 146 valence electrons. The van der Waals surface area contributed by atoms with Crippen LogP contribution in [0, 0.1) is 12.3 Å². The molecule has 5 rings (SSSR count). The van der Waals surface area contributed by atoms with E-state index in [1.165, 1.54) is 21.9 Å². The van der Waals surface area contributed by atoms with Crippen LogP contribution in [0.3, 0.4) is 0 Å². The minimum Gasteiger partial charge on any atom is -0.354 e. The van der Waals surface area contributed by atoms with Gasteiger partial charge in [-0.05, 0) is 43.4 Å². The Morgan fingerprint density at radius 2 is 1.72 bits per heavy atom. The number of hydrazone groups is 1. The zero-order valence-corrected chi connectivity index (χ0v) is 17.5. The first-order valence-corrected chi connectivity index (χ1v) is 10.2. The first-order chi connectivity index (χ1) is 13.9. The zero-order valence-electron chi connectivity index (χ0n) is 17.5. The van der Waals surface area contributed by atoms with Crippen molar-refractivity contribution in [3.05, 3.63) is 71.5 Å². The van der Waals surface area contributed by atoms with E-state index in [1.54, 1.807) is 0 Å². The van der Waals surface area contributed by atoms with Crippen molar-refractivity contribution in [2.24, 2.45) is 10.5 Å². The molecule has 0 amide bonds. The number of H-pyrrole nitrogens is 1. The number of hydrogen-bond donors (Lipinski definition) is 1. The van der Waals surface area contributed by atoms with Crippen molar-refractivity contribution in [3.8, 4) is 0 Å². The molecule has 4 heteroatoms. The van der Waals surface area contributed by atoms with Crippen molar-refractivity contribution in [3.63, 3.8) is 0 Å². The van der Waals surface area contributed by atoms with E-state index in [4.69, 9.17) is 10.1 Å². The van der Waals surface area contributed by atoms with Crippen LogP contribution in [-0.2, 0) is 6.42 Å². The minimum atomic E-state index is 0.127. The predicted molar refractivity (Wildman–Crippen MR) is 122 cm³/mol. The highest BCUT2D eigenvalue weighted by atomic mass is 15.4. The third-order valence-corrected chi connectivity index (χ3v) is 5.89. The van der Waals surface area contributed by atoms with Crippen molar-refractivity contribution in [2.75, 3.05) is 12.1 Å². The molecule has 0 radical (unpaired) electrons. The number of para-hydroxylation sites is 2.